The van der Waals surface area contributed by atoms with Crippen LogP contribution >= 0.6 is 0 Å². The fraction of sp³-hybridized carbons (Fsp3) is 0.438. The van der Waals surface area contributed by atoms with E-state index >= 15 is 0 Å². The molecule has 0 atom stereocenters. The van der Waals surface area contributed by atoms with Crippen LogP contribution < -0.4 is 5.59 Å². The highest BCUT2D eigenvalue weighted by molar-refractivity contribution is 6.61. The van der Waals surface area contributed by atoms with E-state index in [1.165, 1.54) is 0 Å². The zero-order chi connectivity index (χ0) is 23.0. The minimum Gasteiger partial charge on any atom is -0.398 e. The van der Waals surface area contributed by atoms with Crippen LogP contribution in [0.25, 0.3) is 5.69 Å². The Morgan fingerprint density at radius 2 is 1.67 bits per heavy atom. The third kappa shape index (κ3) is 2.84. The summed E-state index contributed by atoms with van der Waals surface area (Å²) in [5.41, 5.74) is -4.66. The Bertz CT molecular complexity index is 1030. The first kappa shape index (κ1) is 10.9. The Kier molecular flexibility index (Phi) is 2.44. The van der Waals surface area contributed by atoms with E-state index in [1.807, 2.05) is 0 Å². The predicted molar refractivity (Wildman–Crippen MR) is 84.3 cm³/mol. The second kappa shape index (κ2) is 5.36. The van der Waals surface area contributed by atoms with Crippen LogP contribution in [0.2, 0.25) is 0 Å². The Labute approximate surface area is 147 Å². The lowest BCUT2D eigenvalue weighted by Gasteiger charge is -2.32. The van der Waals surface area contributed by atoms with E-state index < -0.39 is 72.1 Å². The van der Waals surface area contributed by atoms with Crippen molar-refractivity contribution in [3.05, 3.63) is 41.9 Å². The number of hydrogen-bond acceptors (Lipinski definition) is 3. The van der Waals surface area contributed by atoms with Gasteiger partial charge in [-0.25, -0.2) is 4.68 Å². The molecule has 1 fully saturated rings. The summed E-state index contributed by atoms with van der Waals surface area (Å²) in [6, 6.07) is -4.89. The fourth-order valence-corrected chi connectivity index (χ4v) is 2.10. The standard InChI is InChI=1S/C16H18BF3N2O2/c1-14(2)15(3,4)24-17(23-14)13-9-10-22(21-13)12-8-6-5-7-11(12)16(18,19)20/h5-10H,1-4H3/i5D,6D,7D,8D,9D,10D. The molecular formula is C16H18BF3N2O2. The molecule has 8 heteroatoms. The van der Waals surface area contributed by atoms with Gasteiger partial charge in [0.15, 0.2) is 0 Å². The molecule has 2 heterocycles. The van der Waals surface area contributed by atoms with Crippen molar-refractivity contribution >= 4 is 12.7 Å². The Morgan fingerprint density at radius 3 is 2.25 bits per heavy atom. The lowest BCUT2D eigenvalue weighted by atomic mass is 9.85. The normalized spacial score (nSPS) is 23.2. The summed E-state index contributed by atoms with van der Waals surface area (Å²) in [5, 5.41) is 3.88. The second-order valence-corrected chi connectivity index (χ2v) is 6.34. The molecule has 1 aromatic heterocycles. The van der Waals surface area contributed by atoms with Crippen LogP contribution in [-0.4, -0.2) is 28.1 Å². The smallest absolute Gasteiger partial charge is 0.398 e. The molecule has 128 valence electrons. The number of para-hydroxylation sites is 1. The van der Waals surface area contributed by atoms with Crippen LogP contribution in [0.1, 0.15) is 41.5 Å². The van der Waals surface area contributed by atoms with Crippen molar-refractivity contribution in [3.63, 3.8) is 0 Å². The molecule has 0 unspecified atom stereocenters. The molecule has 4 nitrogen and oxygen atoms in total. The second-order valence-electron chi connectivity index (χ2n) is 6.34. The highest BCUT2D eigenvalue weighted by Crippen LogP contribution is 2.36. The zero-order valence-corrected chi connectivity index (χ0v) is 13.4. The molecule has 0 amide bonds. The van der Waals surface area contributed by atoms with Crippen LogP contribution in [0, 0.1) is 0 Å². The summed E-state index contributed by atoms with van der Waals surface area (Å²) in [6.07, 6.45) is -5.95. The van der Waals surface area contributed by atoms with Gasteiger partial charge in [0, 0.05) is 6.17 Å². The zero-order valence-electron chi connectivity index (χ0n) is 19.4. The van der Waals surface area contributed by atoms with Crippen molar-refractivity contribution < 1.29 is 30.7 Å². The van der Waals surface area contributed by atoms with E-state index in [4.69, 9.17) is 17.5 Å². The lowest BCUT2D eigenvalue weighted by Crippen LogP contribution is -2.41. The van der Waals surface area contributed by atoms with Crippen LogP contribution in [0.15, 0.2) is 36.4 Å². The Morgan fingerprint density at radius 1 is 1.08 bits per heavy atom. The maximum atomic E-state index is 13.7. The van der Waals surface area contributed by atoms with Gasteiger partial charge in [0.05, 0.1) is 36.3 Å². The van der Waals surface area contributed by atoms with E-state index in [2.05, 4.69) is 5.10 Å². The highest BCUT2D eigenvalue weighted by atomic mass is 19.4. The molecule has 24 heavy (non-hydrogen) atoms. The molecule has 0 spiro atoms. The molecule has 1 aliphatic heterocycles. The van der Waals surface area contributed by atoms with Crippen LogP contribution in [0.5, 0.6) is 0 Å². The summed E-state index contributed by atoms with van der Waals surface area (Å²) in [7, 11) is -1.24. The quantitative estimate of drug-likeness (QED) is 0.785. The molecule has 0 aliphatic carbocycles. The molecule has 1 aromatic carbocycles. The van der Waals surface area contributed by atoms with Gasteiger partial charge in [-0.05, 0) is 45.8 Å². The SMILES string of the molecule is [2H]c1c([2H])c([2H])c(C(F)(F)F)c(-n2nc(B3OC(C)(C)C(C)(C)O3)c([2H])c2[2H])c1[2H]. The van der Waals surface area contributed by atoms with E-state index in [0.29, 0.717) is 4.68 Å². The van der Waals surface area contributed by atoms with Crippen molar-refractivity contribution in [3.8, 4) is 5.69 Å². The Balaban J connectivity index is 2.27. The van der Waals surface area contributed by atoms with Gasteiger partial charge >= 0.3 is 13.3 Å². The molecule has 0 N–H and O–H groups in total. The Hall–Kier alpha value is -1.80. The first-order chi connectivity index (χ1) is 13.5. The van der Waals surface area contributed by atoms with Gasteiger partial charge in [-0.2, -0.15) is 18.3 Å². The van der Waals surface area contributed by atoms with Gasteiger partial charge in [0.2, 0.25) is 0 Å². The monoisotopic (exact) mass is 344 g/mol. The maximum absolute atomic E-state index is 13.7. The van der Waals surface area contributed by atoms with E-state index in [9.17, 15) is 13.2 Å². The first-order valence-corrected chi connectivity index (χ1v) is 7.11. The number of halogens is 3. The summed E-state index contributed by atoms with van der Waals surface area (Å²) >= 11 is 0. The van der Waals surface area contributed by atoms with Crippen LogP contribution in [0.4, 0.5) is 13.2 Å². The van der Waals surface area contributed by atoms with Crippen molar-refractivity contribution in [2.24, 2.45) is 0 Å². The van der Waals surface area contributed by atoms with E-state index in [-0.39, 0.29) is 5.59 Å². The molecule has 1 saturated heterocycles. The number of alkyl halides is 3. The summed E-state index contributed by atoms with van der Waals surface area (Å²) in [5.74, 6) is 0. The van der Waals surface area contributed by atoms with Crippen molar-refractivity contribution in [1.82, 2.24) is 9.78 Å². The van der Waals surface area contributed by atoms with Gasteiger partial charge in [0.1, 0.15) is 0 Å². The van der Waals surface area contributed by atoms with Crippen molar-refractivity contribution in [1.29, 1.82) is 0 Å². The molecule has 1 aliphatic rings. The van der Waals surface area contributed by atoms with E-state index in [0.717, 1.165) is 0 Å². The average Bonchev–Trinajstić information content (AvgIpc) is 3.00. The predicted octanol–water partition coefficient (Wildman–Crippen LogP) is 3.19. The molecule has 0 bridgehead atoms. The molecule has 3 rings (SSSR count). The van der Waals surface area contributed by atoms with Gasteiger partial charge in [-0.1, -0.05) is 12.1 Å². The maximum Gasteiger partial charge on any atom is 0.516 e. The third-order valence-electron chi connectivity index (χ3n) is 4.14. The fourth-order valence-electron chi connectivity index (χ4n) is 2.10. The van der Waals surface area contributed by atoms with Crippen LogP contribution in [-0.2, 0) is 15.5 Å². The summed E-state index contributed by atoms with van der Waals surface area (Å²) < 4.78 is 100. The summed E-state index contributed by atoms with van der Waals surface area (Å²) in [6.45, 7) is 6.91. The molecule has 0 radical (unpaired) electrons. The van der Waals surface area contributed by atoms with Crippen molar-refractivity contribution in [2.75, 3.05) is 0 Å². The number of nitrogens with zero attached hydrogens (tertiary/aromatic N) is 2. The first-order valence-electron chi connectivity index (χ1n) is 10.1. The number of rotatable bonds is 2. The average molecular weight is 344 g/mol. The minimum atomic E-state index is -5.16. The number of aromatic nitrogens is 2. The van der Waals surface area contributed by atoms with Gasteiger partial charge < -0.3 is 9.31 Å². The topological polar surface area (TPSA) is 36.3 Å². The molecule has 2 aromatic rings. The largest absolute Gasteiger partial charge is 0.516 e. The van der Waals surface area contributed by atoms with E-state index in [1.54, 1.807) is 27.7 Å². The van der Waals surface area contributed by atoms with Gasteiger partial charge in [-0.15, -0.1) is 0 Å². The molecule has 0 saturated carbocycles. The van der Waals surface area contributed by atoms with Gasteiger partial charge in [0.25, 0.3) is 0 Å². The van der Waals surface area contributed by atoms with Crippen LogP contribution in [0.3, 0.4) is 0 Å². The summed E-state index contributed by atoms with van der Waals surface area (Å²) in [4.78, 5) is 0. The number of benzene rings is 1. The lowest BCUT2D eigenvalue weighted by molar-refractivity contribution is -0.137. The third-order valence-corrected chi connectivity index (χ3v) is 4.14. The minimum absolute atomic E-state index is 0.265. The van der Waals surface area contributed by atoms with Crippen molar-refractivity contribution in [2.45, 2.75) is 45.1 Å². The van der Waals surface area contributed by atoms with Gasteiger partial charge in [-0.3, -0.25) is 0 Å². The molecular weight excluding hydrogens is 320 g/mol. The number of hydrogen-bond donors (Lipinski definition) is 0. The highest BCUT2D eigenvalue weighted by Gasteiger charge is 2.52.